The summed E-state index contributed by atoms with van der Waals surface area (Å²) in [5.41, 5.74) is 2.75. The van der Waals surface area contributed by atoms with E-state index in [0.29, 0.717) is 33.6 Å². The second-order valence-electron chi connectivity index (χ2n) is 6.04. The van der Waals surface area contributed by atoms with Crippen LogP contribution in [-0.4, -0.2) is 25.1 Å². The van der Waals surface area contributed by atoms with Gasteiger partial charge >= 0.3 is 0 Å². The van der Waals surface area contributed by atoms with Crippen molar-refractivity contribution in [3.05, 3.63) is 70.9 Å². The molecule has 0 unspecified atom stereocenters. The van der Waals surface area contributed by atoms with Crippen LogP contribution >= 0.6 is 11.6 Å². The third-order valence-corrected chi connectivity index (χ3v) is 4.53. The van der Waals surface area contributed by atoms with E-state index in [-0.39, 0.29) is 5.91 Å². The van der Waals surface area contributed by atoms with Crippen molar-refractivity contribution < 1.29 is 14.3 Å². The highest BCUT2D eigenvalue weighted by Gasteiger charge is 2.10. The summed E-state index contributed by atoms with van der Waals surface area (Å²) in [6.07, 6.45) is 1.50. The Balaban J connectivity index is 1.71. The van der Waals surface area contributed by atoms with Crippen molar-refractivity contribution >= 4 is 34.7 Å². The minimum atomic E-state index is -0.263. The first-order valence-electron chi connectivity index (χ1n) is 8.53. The van der Waals surface area contributed by atoms with E-state index in [1.807, 2.05) is 25.1 Å². The minimum absolute atomic E-state index is 0.263. The molecule has 0 bridgehead atoms. The van der Waals surface area contributed by atoms with Crippen LogP contribution in [0.1, 0.15) is 15.9 Å². The molecule has 0 saturated carbocycles. The van der Waals surface area contributed by atoms with Crippen LogP contribution in [0.2, 0.25) is 5.02 Å². The smallest absolute Gasteiger partial charge is 0.257 e. The summed E-state index contributed by atoms with van der Waals surface area (Å²) in [4.78, 5) is 16.7. The number of hydrogen-bond donors (Lipinski definition) is 2. The van der Waals surface area contributed by atoms with Gasteiger partial charge in [-0.3, -0.25) is 4.79 Å². The van der Waals surface area contributed by atoms with Crippen molar-refractivity contribution in [1.29, 1.82) is 0 Å². The zero-order chi connectivity index (χ0) is 20.1. The van der Waals surface area contributed by atoms with Gasteiger partial charge in [-0.15, -0.1) is 0 Å². The quantitative estimate of drug-likeness (QED) is 0.608. The van der Waals surface area contributed by atoms with E-state index in [2.05, 4.69) is 15.6 Å². The van der Waals surface area contributed by atoms with Crippen molar-refractivity contribution in [2.24, 2.45) is 0 Å². The topological polar surface area (TPSA) is 72.5 Å². The van der Waals surface area contributed by atoms with Crippen LogP contribution in [0.3, 0.4) is 0 Å². The number of hydrogen-bond acceptors (Lipinski definition) is 5. The number of anilines is 3. The molecule has 3 aromatic rings. The number of nitrogens with zero attached hydrogens (tertiary/aromatic N) is 1. The molecular formula is C21H20ClN3O3. The van der Waals surface area contributed by atoms with Gasteiger partial charge in [0.05, 0.1) is 25.5 Å². The van der Waals surface area contributed by atoms with Crippen LogP contribution in [0.25, 0.3) is 0 Å². The Kier molecular flexibility index (Phi) is 6.01. The van der Waals surface area contributed by atoms with Gasteiger partial charge in [-0.2, -0.15) is 0 Å². The predicted octanol–water partition coefficient (Wildman–Crippen LogP) is 5.06. The summed E-state index contributed by atoms with van der Waals surface area (Å²) in [6.45, 7) is 1.90. The number of carbonyl (C=O) groups excluding carboxylic acids is 1. The van der Waals surface area contributed by atoms with Crippen LogP contribution in [-0.2, 0) is 0 Å². The molecule has 1 aromatic heterocycles. The van der Waals surface area contributed by atoms with Gasteiger partial charge < -0.3 is 20.1 Å². The molecule has 2 aromatic carbocycles. The average Bonchev–Trinajstić information content (AvgIpc) is 2.71. The fourth-order valence-electron chi connectivity index (χ4n) is 2.52. The van der Waals surface area contributed by atoms with Gasteiger partial charge in [0, 0.05) is 23.0 Å². The molecule has 7 heteroatoms. The molecule has 28 heavy (non-hydrogen) atoms. The largest absolute Gasteiger partial charge is 0.497 e. The van der Waals surface area contributed by atoms with Crippen molar-refractivity contribution in [3.8, 4) is 11.5 Å². The summed E-state index contributed by atoms with van der Waals surface area (Å²) in [7, 11) is 3.18. The average molecular weight is 398 g/mol. The number of halogens is 1. The summed E-state index contributed by atoms with van der Waals surface area (Å²) in [5.74, 6) is 1.64. The van der Waals surface area contributed by atoms with Crippen LogP contribution in [0, 0.1) is 6.92 Å². The number of benzene rings is 2. The molecule has 0 radical (unpaired) electrons. The summed E-state index contributed by atoms with van der Waals surface area (Å²) < 4.78 is 10.6. The van der Waals surface area contributed by atoms with Crippen molar-refractivity contribution in [2.75, 3.05) is 24.9 Å². The van der Waals surface area contributed by atoms with E-state index < -0.39 is 0 Å². The van der Waals surface area contributed by atoms with Crippen LogP contribution < -0.4 is 20.1 Å². The first-order valence-corrected chi connectivity index (χ1v) is 8.90. The second-order valence-corrected chi connectivity index (χ2v) is 6.45. The molecule has 0 atom stereocenters. The number of aryl methyl sites for hydroxylation is 1. The Hall–Kier alpha value is -3.25. The molecule has 144 valence electrons. The Bertz CT molecular complexity index is 991. The molecule has 1 amide bonds. The first-order chi connectivity index (χ1) is 13.5. The maximum Gasteiger partial charge on any atom is 0.257 e. The van der Waals surface area contributed by atoms with Crippen molar-refractivity contribution in [3.63, 3.8) is 0 Å². The van der Waals surface area contributed by atoms with Gasteiger partial charge in [0.25, 0.3) is 5.91 Å². The Morgan fingerprint density at radius 3 is 2.50 bits per heavy atom. The monoisotopic (exact) mass is 397 g/mol. The molecule has 0 fully saturated rings. The van der Waals surface area contributed by atoms with E-state index in [1.165, 1.54) is 6.20 Å². The van der Waals surface area contributed by atoms with Gasteiger partial charge in [0.2, 0.25) is 0 Å². The zero-order valence-corrected chi connectivity index (χ0v) is 16.5. The predicted molar refractivity (Wildman–Crippen MR) is 111 cm³/mol. The molecule has 1 heterocycles. The number of carbonyl (C=O) groups is 1. The number of ether oxygens (including phenoxy) is 2. The van der Waals surface area contributed by atoms with Gasteiger partial charge in [-0.1, -0.05) is 17.7 Å². The highest BCUT2D eigenvalue weighted by molar-refractivity contribution is 6.31. The summed E-state index contributed by atoms with van der Waals surface area (Å²) >= 11 is 6.09. The van der Waals surface area contributed by atoms with E-state index in [1.54, 1.807) is 44.6 Å². The third-order valence-electron chi connectivity index (χ3n) is 4.13. The molecule has 6 nitrogen and oxygen atoms in total. The standard InChI is InChI=1S/C21H20ClN3O3/c1-13-4-6-15(10-17(13)22)24-21(26)14-5-9-20(23-12-14)25-18-8-7-16(27-2)11-19(18)28-3/h4-12H,1-3H3,(H,23,25)(H,24,26). The SMILES string of the molecule is COc1ccc(Nc2ccc(C(=O)Nc3ccc(C)c(Cl)c3)cn2)c(OC)c1. The lowest BCUT2D eigenvalue weighted by atomic mass is 10.2. The van der Waals surface area contributed by atoms with E-state index >= 15 is 0 Å². The fourth-order valence-corrected chi connectivity index (χ4v) is 2.70. The molecule has 0 saturated heterocycles. The molecule has 2 N–H and O–H groups in total. The van der Waals surface area contributed by atoms with Crippen LogP contribution in [0.5, 0.6) is 11.5 Å². The maximum absolute atomic E-state index is 12.4. The molecule has 3 rings (SSSR count). The van der Waals surface area contributed by atoms with Gasteiger partial charge in [-0.05, 0) is 48.9 Å². The normalized spacial score (nSPS) is 10.3. The summed E-state index contributed by atoms with van der Waals surface area (Å²) in [6, 6.07) is 14.2. The van der Waals surface area contributed by atoms with E-state index in [9.17, 15) is 4.79 Å². The number of methoxy groups -OCH3 is 2. The number of rotatable bonds is 6. The molecular weight excluding hydrogens is 378 g/mol. The minimum Gasteiger partial charge on any atom is -0.497 e. The van der Waals surface area contributed by atoms with Gasteiger partial charge in [0.15, 0.2) is 0 Å². The number of aromatic nitrogens is 1. The highest BCUT2D eigenvalue weighted by atomic mass is 35.5. The molecule has 0 aliphatic rings. The highest BCUT2D eigenvalue weighted by Crippen LogP contribution is 2.31. The van der Waals surface area contributed by atoms with Gasteiger partial charge in [0.1, 0.15) is 17.3 Å². The number of pyridine rings is 1. The molecule has 0 aliphatic heterocycles. The van der Waals surface area contributed by atoms with Gasteiger partial charge in [-0.25, -0.2) is 4.98 Å². The Morgan fingerprint density at radius 1 is 1.04 bits per heavy atom. The maximum atomic E-state index is 12.4. The van der Waals surface area contributed by atoms with E-state index in [4.69, 9.17) is 21.1 Å². The lowest BCUT2D eigenvalue weighted by Crippen LogP contribution is -2.12. The Morgan fingerprint density at radius 2 is 1.86 bits per heavy atom. The molecule has 0 aliphatic carbocycles. The Labute approximate surface area is 168 Å². The van der Waals surface area contributed by atoms with Crippen LogP contribution in [0.4, 0.5) is 17.2 Å². The van der Waals surface area contributed by atoms with Crippen molar-refractivity contribution in [2.45, 2.75) is 6.92 Å². The third kappa shape index (κ3) is 4.53. The van der Waals surface area contributed by atoms with E-state index in [0.717, 1.165) is 11.3 Å². The summed E-state index contributed by atoms with van der Waals surface area (Å²) in [5, 5.41) is 6.57. The first kappa shape index (κ1) is 19.5. The number of amides is 1. The number of nitrogens with one attached hydrogen (secondary N) is 2. The zero-order valence-electron chi connectivity index (χ0n) is 15.7. The lowest BCUT2D eigenvalue weighted by Gasteiger charge is -2.12. The lowest BCUT2D eigenvalue weighted by molar-refractivity contribution is 0.102. The van der Waals surface area contributed by atoms with Crippen LogP contribution in [0.15, 0.2) is 54.7 Å². The molecule has 0 spiro atoms. The fraction of sp³-hybridized carbons (Fsp3) is 0.143. The second kappa shape index (κ2) is 8.63. The van der Waals surface area contributed by atoms with Crippen molar-refractivity contribution in [1.82, 2.24) is 4.98 Å².